The molecular formula is C38H40N4O6. The summed E-state index contributed by atoms with van der Waals surface area (Å²) < 4.78 is 10.7. The molecule has 4 aromatic carbocycles. The minimum Gasteiger partial charge on any atom is -0.423 e. The van der Waals surface area contributed by atoms with E-state index in [4.69, 9.17) is 20.9 Å². The monoisotopic (exact) mass is 648 g/mol. The third kappa shape index (κ3) is 9.96. The standard InChI is InChI=1S/C38H40N4O6/c1-37(41-33(43)25-39,29-9-5-3-6-10-29)23-27-13-17-31(18-14-27)47-35(45)21-22-36(46)48-32-19-15-28(16-20-32)24-38(2,42-34(44)26-40)30-11-7-4-8-12-30/h3-22H,23-26,39-40H2,1-2H3,(H,41,43)(H,42,44)/b22-21-. The lowest BCUT2D eigenvalue weighted by atomic mass is 9.85. The molecule has 10 nitrogen and oxygen atoms in total. The second-order valence-corrected chi connectivity index (χ2v) is 11.7. The number of carbonyl (C=O) groups excluding carboxylic acids is 4. The van der Waals surface area contributed by atoms with E-state index in [0.29, 0.717) is 12.8 Å². The molecule has 0 saturated carbocycles. The number of amides is 2. The highest BCUT2D eigenvalue weighted by atomic mass is 16.5. The molecule has 48 heavy (non-hydrogen) atoms. The van der Waals surface area contributed by atoms with Gasteiger partial charge in [-0.05, 0) is 73.2 Å². The van der Waals surface area contributed by atoms with E-state index >= 15 is 0 Å². The number of nitrogens with two attached hydrogens (primary N) is 2. The smallest absolute Gasteiger partial charge is 0.336 e. The van der Waals surface area contributed by atoms with E-state index < -0.39 is 23.0 Å². The second-order valence-electron chi connectivity index (χ2n) is 11.7. The average Bonchev–Trinajstić information content (AvgIpc) is 3.09. The highest BCUT2D eigenvalue weighted by molar-refractivity contribution is 5.93. The van der Waals surface area contributed by atoms with Gasteiger partial charge in [-0.1, -0.05) is 84.9 Å². The van der Waals surface area contributed by atoms with Gasteiger partial charge in [0, 0.05) is 12.2 Å². The van der Waals surface area contributed by atoms with Gasteiger partial charge in [0.15, 0.2) is 0 Å². The number of ether oxygens (including phenoxy) is 2. The van der Waals surface area contributed by atoms with Gasteiger partial charge in [0.2, 0.25) is 11.8 Å². The summed E-state index contributed by atoms with van der Waals surface area (Å²) in [6, 6.07) is 32.9. The lowest BCUT2D eigenvalue weighted by Gasteiger charge is -2.32. The maximum atomic E-state index is 12.4. The van der Waals surface area contributed by atoms with Crippen molar-refractivity contribution in [3.05, 3.63) is 144 Å². The maximum absolute atomic E-state index is 12.4. The highest BCUT2D eigenvalue weighted by Crippen LogP contribution is 2.28. The van der Waals surface area contributed by atoms with Crippen molar-refractivity contribution in [2.45, 2.75) is 37.8 Å². The molecule has 10 heteroatoms. The Morgan fingerprint density at radius 3 is 1.21 bits per heavy atom. The first-order valence-corrected chi connectivity index (χ1v) is 15.4. The fraction of sp³-hybridized carbons (Fsp3) is 0.211. The van der Waals surface area contributed by atoms with Crippen molar-refractivity contribution in [3.63, 3.8) is 0 Å². The third-order valence-electron chi connectivity index (χ3n) is 7.78. The van der Waals surface area contributed by atoms with E-state index in [1.54, 1.807) is 48.5 Å². The molecule has 0 radical (unpaired) electrons. The van der Waals surface area contributed by atoms with Crippen molar-refractivity contribution < 1.29 is 28.7 Å². The topological polar surface area (TPSA) is 163 Å². The summed E-state index contributed by atoms with van der Waals surface area (Å²) in [5.74, 6) is -1.47. The molecule has 0 heterocycles. The second kappa shape index (κ2) is 16.3. The van der Waals surface area contributed by atoms with Crippen LogP contribution >= 0.6 is 0 Å². The van der Waals surface area contributed by atoms with Crippen LogP contribution in [0.2, 0.25) is 0 Å². The largest absolute Gasteiger partial charge is 0.423 e. The number of benzene rings is 4. The number of esters is 2. The van der Waals surface area contributed by atoms with Crippen LogP contribution in [0.3, 0.4) is 0 Å². The molecule has 2 unspecified atom stereocenters. The number of hydrogen-bond acceptors (Lipinski definition) is 8. The average molecular weight is 649 g/mol. The first kappa shape index (κ1) is 35.3. The Kier molecular flexibility index (Phi) is 12.0. The van der Waals surface area contributed by atoms with Gasteiger partial charge in [-0.3, -0.25) is 9.59 Å². The Balaban J connectivity index is 1.32. The van der Waals surface area contributed by atoms with Crippen LogP contribution in [0.15, 0.2) is 121 Å². The highest BCUT2D eigenvalue weighted by Gasteiger charge is 2.29. The normalized spacial score (nSPS) is 13.5. The Bertz CT molecular complexity index is 1600. The number of rotatable bonds is 14. The summed E-state index contributed by atoms with van der Waals surface area (Å²) in [5, 5.41) is 6.01. The van der Waals surface area contributed by atoms with Crippen molar-refractivity contribution in [1.29, 1.82) is 0 Å². The molecular weight excluding hydrogens is 608 g/mol. The molecule has 0 spiro atoms. The summed E-state index contributed by atoms with van der Waals surface area (Å²) in [6.07, 6.45) is 2.93. The predicted octanol–water partition coefficient (Wildman–Crippen LogP) is 3.82. The van der Waals surface area contributed by atoms with Gasteiger partial charge < -0.3 is 31.6 Å². The Hall–Kier alpha value is -5.58. The van der Waals surface area contributed by atoms with Gasteiger partial charge >= 0.3 is 11.9 Å². The van der Waals surface area contributed by atoms with Crippen molar-refractivity contribution in [2.24, 2.45) is 11.5 Å². The van der Waals surface area contributed by atoms with Gasteiger partial charge in [-0.2, -0.15) is 0 Å². The summed E-state index contributed by atoms with van der Waals surface area (Å²) >= 11 is 0. The van der Waals surface area contributed by atoms with Gasteiger partial charge in [0.1, 0.15) is 11.5 Å². The number of carbonyl (C=O) groups is 4. The van der Waals surface area contributed by atoms with Crippen molar-refractivity contribution in [3.8, 4) is 11.5 Å². The molecule has 0 aliphatic rings. The fourth-order valence-corrected chi connectivity index (χ4v) is 5.37. The summed E-state index contributed by atoms with van der Waals surface area (Å²) in [5.41, 5.74) is 13.3. The van der Waals surface area contributed by atoms with Gasteiger partial charge in [-0.25, -0.2) is 9.59 Å². The van der Waals surface area contributed by atoms with Gasteiger partial charge in [0.05, 0.1) is 24.2 Å². The zero-order chi connectivity index (χ0) is 34.6. The van der Waals surface area contributed by atoms with E-state index in [1.165, 1.54) is 0 Å². The molecule has 6 N–H and O–H groups in total. The fourth-order valence-electron chi connectivity index (χ4n) is 5.37. The molecule has 0 aromatic heterocycles. The van der Waals surface area contributed by atoms with Crippen LogP contribution in [0.25, 0.3) is 0 Å². The zero-order valence-electron chi connectivity index (χ0n) is 27.0. The van der Waals surface area contributed by atoms with Crippen molar-refractivity contribution in [1.82, 2.24) is 10.6 Å². The molecule has 0 saturated heterocycles. The number of nitrogens with one attached hydrogen (secondary N) is 2. The van der Waals surface area contributed by atoms with Crippen LogP contribution in [0.1, 0.15) is 36.1 Å². The molecule has 2 atom stereocenters. The third-order valence-corrected chi connectivity index (χ3v) is 7.78. The zero-order valence-corrected chi connectivity index (χ0v) is 27.0. The van der Waals surface area contributed by atoms with E-state index in [2.05, 4.69) is 10.6 Å². The van der Waals surface area contributed by atoms with E-state index in [0.717, 1.165) is 34.4 Å². The SMILES string of the molecule is CC(Cc1ccc(OC(=O)/C=C\C(=O)Oc2ccc(CC(C)(NC(=O)CN)c3ccccc3)cc2)cc1)(NC(=O)CN)c1ccccc1. The van der Waals surface area contributed by atoms with E-state index in [-0.39, 0.29) is 36.4 Å². The van der Waals surface area contributed by atoms with Crippen LogP contribution in [0.5, 0.6) is 11.5 Å². The molecule has 2 amide bonds. The summed E-state index contributed by atoms with van der Waals surface area (Å²) in [6.45, 7) is 3.60. The van der Waals surface area contributed by atoms with E-state index in [9.17, 15) is 19.2 Å². The molecule has 248 valence electrons. The Morgan fingerprint density at radius 2 is 0.896 bits per heavy atom. The minimum absolute atomic E-state index is 0.128. The molecule has 0 aliphatic carbocycles. The van der Waals surface area contributed by atoms with Gasteiger partial charge in [-0.15, -0.1) is 0 Å². The predicted molar refractivity (Wildman–Crippen MR) is 183 cm³/mol. The molecule has 0 fully saturated rings. The molecule has 0 aliphatic heterocycles. The quantitative estimate of drug-likeness (QED) is 0.0911. The Morgan fingerprint density at radius 1 is 0.562 bits per heavy atom. The Labute approximate surface area is 280 Å². The lowest BCUT2D eigenvalue weighted by Crippen LogP contribution is -2.47. The molecule has 4 rings (SSSR count). The number of hydrogen-bond donors (Lipinski definition) is 4. The van der Waals surface area contributed by atoms with Crippen LogP contribution in [0.4, 0.5) is 0 Å². The van der Waals surface area contributed by atoms with Crippen LogP contribution < -0.4 is 31.6 Å². The minimum atomic E-state index is -0.751. The van der Waals surface area contributed by atoms with E-state index in [1.807, 2.05) is 74.5 Å². The molecule has 4 aromatic rings. The maximum Gasteiger partial charge on any atom is 0.336 e. The van der Waals surface area contributed by atoms with Crippen molar-refractivity contribution in [2.75, 3.05) is 13.1 Å². The van der Waals surface area contributed by atoms with Crippen LogP contribution in [-0.2, 0) is 43.1 Å². The van der Waals surface area contributed by atoms with Crippen LogP contribution in [0, 0.1) is 0 Å². The first-order valence-electron chi connectivity index (χ1n) is 15.4. The lowest BCUT2D eigenvalue weighted by molar-refractivity contribution is -0.131. The van der Waals surface area contributed by atoms with Gasteiger partial charge in [0.25, 0.3) is 0 Å². The van der Waals surface area contributed by atoms with Crippen LogP contribution in [-0.4, -0.2) is 36.8 Å². The molecule has 0 bridgehead atoms. The summed E-state index contributed by atoms with van der Waals surface area (Å²) in [7, 11) is 0. The van der Waals surface area contributed by atoms with Crippen molar-refractivity contribution >= 4 is 23.8 Å². The first-order chi connectivity index (χ1) is 23.0. The summed E-state index contributed by atoms with van der Waals surface area (Å²) in [4.78, 5) is 49.1.